The van der Waals surface area contributed by atoms with E-state index in [1.54, 1.807) is 0 Å². The quantitative estimate of drug-likeness (QED) is 0.571. The van der Waals surface area contributed by atoms with E-state index in [4.69, 9.17) is 16.7 Å². The third-order valence-corrected chi connectivity index (χ3v) is 6.21. The van der Waals surface area contributed by atoms with Crippen LogP contribution >= 0.6 is 11.6 Å². The first-order valence-corrected chi connectivity index (χ1v) is 10.4. The van der Waals surface area contributed by atoms with Crippen LogP contribution in [0.4, 0.5) is 0 Å². The summed E-state index contributed by atoms with van der Waals surface area (Å²) >= 11 is 6.10. The number of hydrogen-bond donors (Lipinski definition) is 1. The predicted molar refractivity (Wildman–Crippen MR) is 116 cm³/mol. The Morgan fingerprint density at radius 3 is 2.39 bits per heavy atom. The molecule has 28 heavy (non-hydrogen) atoms. The molecule has 4 rings (SSSR count). The Morgan fingerprint density at radius 1 is 0.929 bits per heavy atom. The summed E-state index contributed by atoms with van der Waals surface area (Å²) in [7, 11) is 4.39. The SMILES string of the molecule is CN(C)C1CCCC(c2[nH]nc(-c3ccc(Cl)cc3)c2-c2ccncc2)CC1. The van der Waals surface area contributed by atoms with Gasteiger partial charge in [0, 0.05) is 46.2 Å². The molecule has 0 radical (unpaired) electrons. The fourth-order valence-corrected chi connectivity index (χ4v) is 4.49. The minimum atomic E-state index is 0.502. The van der Waals surface area contributed by atoms with Gasteiger partial charge in [-0.1, -0.05) is 30.2 Å². The van der Waals surface area contributed by atoms with Crippen LogP contribution in [0.1, 0.15) is 43.7 Å². The summed E-state index contributed by atoms with van der Waals surface area (Å²) in [6.45, 7) is 0. The van der Waals surface area contributed by atoms with Gasteiger partial charge in [-0.05, 0) is 69.6 Å². The van der Waals surface area contributed by atoms with Crippen LogP contribution in [0.3, 0.4) is 0 Å². The predicted octanol–water partition coefficient (Wildman–Crippen LogP) is 5.77. The van der Waals surface area contributed by atoms with E-state index < -0.39 is 0 Å². The Morgan fingerprint density at radius 2 is 1.68 bits per heavy atom. The van der Waals surface area contributed by atoms with Crippen molar-refractivity contribution in [1.82, 2.24) is 20.1 Å². The first kappa shape index (κ1) is 19.2. The van der Waals surface area contributed by atoms with Gasteiger partial charge in [0.1, 0.15) is 5.69 Å². The van der Waals surface area contributed by atoms with Crippen LogP contribution in [0.2, 0.25) is 5.02 Å². The molecule has 0 bridgehead atoms. The Bertz CT molecular complexity index is 902. The van der Waals surface area contributed by atoms with E-state index in [1.807, 2.05) is 36.7 Å². The molecule has 0 saturated heterocycles. The van der Waals surface area contributed by atoms with Gasteiger partial charge < -0.3 is 4.90 Å². The molecule has 1 fully saturated rings. The molecule has 2 atom stereocenters. The van der Waals surface area contributed by atoms with E-state index in [2.05, 4.69) is 41.2 Å². The van der Waals surface area contributed by atoms with Crippen molar-refractivity contribution in [2.75, 3.05) is 14.1 Å². The lowest BCUT2D eigenvalue weighted by Gasteiger charge is -2.22. The molecule has 4 nitrogen and oxygen atoms in total. The summed E-state index contributed by atoms with van der Waals surface area (Å²) in [5.41, 5.74) is 5.70. The van der Waals surface area contributed by atoms with Crippen LogP contribution in [0, 0.1) is 0 Å². The van der Waals surface area contributed by atoms with E-state index in [1.165, 1.54) is 43.4 Å². The van der Waals surface area contributed by atoms with E-state index >= 15 is 0 Å². The van der Waals surface area contributed by atoms with Gasteiger partial charge >= 0.3 is 0 Å². The molecule has 5 heteroatoms. The molecular weight excluding hydrogens is 368 g/mol. The second-order valence-electron chi connectivity index (χ2n) is 7.93. The van der Waals surface area contributed by atoms with Crippen molar-refractivity contribution < 1.29 is 0 Å². The molecule has 146 valence electrons. The van der Waals surface area contributed by atoms with Crippen LogP contribution in [0.15, 0.2) is 48.8 Å². The van der Waals surface area contributed by atoms with Crippen molar-refractivity contribution in [3.05, 3.63) is 59.5 Å². The van der Waals surface area contributed by atoms with Gasteiger partial charge in [-0.15, -0.1) is 0 Å². The summed E-state index contributed by atoms with van der Waals surface area (Å²) in [6, 6.07) is 12.8. The summed E-state index contributed by atoms with van der Waals surface area (Å²) < 4.78 is 0. The van der Waals surface area contributed by atoms with E-state index in [0.717, 1.165) is 21.8 Å². The maximum atomic E-state index is 6.10. The molecule has 2 aromatic heterocycles. The number of aromatic nitrogens is 3. The highest BCUT2D eigenvalue weighted by atomic mass is 35.5. The minimum absolute atomic E-state index is 0.502. The van der Waals surface area contributed by atoms with Gasteiger partial charge in [-0.3, -0.25) is 10.1 Å². The molecule has 3 aromatic rings. The average Bonchev–Trinajstić information content (AvgIpc) is 2.99. The van der Waals surface area contributed by atoms with Crippen molar-refractivity contribution in [3.8, 4) is 22.4 Å². The van der Waals surface area contributed by atoms with Gasteiger partial charge in [0.2, 0.25) is 0 Å². The summed E-state index contributed by atoms with van der Waals surface area (Å²) in [4.78, 5) is 6.58. The van der Waals surface area contributed by atoms with Crippen LogP contribution in [0.5, 0.6) is 0 Å². The first-order chi connectivity index (χ1) is 13.6. The lowest BCUT2D eigenvalue weighted by Crippen LogP contribution is -2.26. The highest BCUT2D eigenvalue weighted by Crippen LogP contribution is 2.41. The standard InChI is InChI=1S/C23H27ClN4/c1-28(2)20-5-3-4-17(8-11-20)22-21(16-12-14-25-15-13-16)23(27-26-22)18-6-9-19(24)10-7-18/h6-7,9-10,12-15,17,20H,3-5,8,11H2,1-2H3,(H,26,27). The summed E-state index contributed by atoms with van der Waals surface area (Å²) in [6.07, 6.45) is 9.83. The first-order valence-electron chi connectivity index (χ1n) is 10.0. The van der Waals surface area contributed by atoms with Gasteiger partial charge in [-0.25, -0.2) is 0 Å². The van der Waals surface area contributed by atoms with Crippen LogP contribution < -0.4 is 0 Å². The second kappa shape index (κ2) is 8.46. The fraction of sp³-hybridized carbons (Fsp3) is 0.391. The maximum Gasteiger partial charge on any atom is 0.100 e. The Hall–Kier alpha value is -2.17. The Balaban J connectivity index is 1.74. The molecule has 0 amide bonds. The number of rotatable bonds is 4. The molecule has 1 N–H and O–H groups in total. The van der Waals surface area contributed by atoms with Gasteiger partial charge in [0.25, 0.3) is 0 Å². The zero-order valence-corrected chi connectivity index (χ0v) is 17.3. The molecule has 1 saturated carbocycles. The third-order valence-electron chi connectivity index (χ3n) is 5.96. The number of nitrogens with one attached hydrogen (secondary N) is 1. The Kier molecular flexibility index (Phi) is 5.79. The molecule has 0 spiro atoms. The number of benzene rings is 1. The van der Waals surface area contributed by atoms with Gasteiger partial charge in [-0.2, -0.15) is 5.10 Å². The van der Waals surface area contributed by atoms with E-state index in [0.29, 0.717) is 12.0 Å². The van der Waals surface area contributed by atoms with Crippen LogP contribution in [-0.2, 0) is 0 Å². The van der Waals surface area contributed by atoms with Crippen molar-refractivity contribution in [2.45, 2.75) is 44.1 Å². The molecule has 1 aromatic carbocycles. The second-order valence-corrected chi connectivity index (χ2v) is 8.36. The largest absolute Gasteiger partial charge is 0.306 e. The number of H-pyrrole nitrogens is 1. The zero-order chi connectivity index (χ0) is 19.5. The number of halogens is 1. The lowest BCUT2D eigenvalue weighted by atomic mass is 9.89. The molecule has 0 aliphatic heterocycles. The van der Waals surface area contributed by atoms with Gasteiger partial charge in [0.15, 0.2) is 0 Å². The van der Waals surface area contributed by atoms with Gasteiger partial charge in [0.05, 0.1) is 0 Å². The number of pyridine rings is 1. The topological polar surface area (TPSA) is 44.8 Å². The van der Waals surface area contributed by atoms with Crippen molar-refractivity contribution in [2.24, 2.45) is 0 Å². The van der Waals surface area contributed by atoms with Crippen molar-refractivity contribution in [1.29, 1.82) is 0 Å². The Labute approximate surface area is 172 Å². The zero-order valence-electron chi connectivity index (χ0n) is 16.5. The van der Waals surface area contributed by atoms with Crippen LogP contribution in [0.25, 0.3) is 22.4 Å². The monoisotopic (exact) mass is 394 g/mol. The number of nitrogens with zero attached hydrogens (tertiary/aromatic N) is 3. The third kappa shape index (κ3) is 3.98. The van der Waals surface area contributed by atoms with Crippen molar-refractivity contribution in [3.63, 3.8) is 0 Å². The number of aromatic amines is 1. The molecular formula is C23H27ClN4. The normalized spacial score (nSPS) is 20.3. The molecule has 2 unspecified atom stereocenters. The fourth-order valence-electron chi connectivity index (χ4n) is 4.37. The smallest absolute Gasteiger partial charge is 0.100 e. The molecule has 2 heterocycles. The highest BCUT2D eigenvalue weighted by Gasteiger charge is 2.27. The van der Waals surface area contributed by atoms with E-state index in [-0.39, 0.29) is 0 Å². The minimum Gasteiger partial charge on any atom is -0.306 e. The molecule has 1 aliphatic carbocycles. The summed E-state index contributed by atoms with van der Waals surface area (Å²) in [5, 5.41) is 8.90. The summed E-state index contributed by atoms with van der Waals surface area (Å²) in [5.74, 6) is 0.502. The maximum absolute atomic E-state index is 6.10. The van der Waals surface area contributed by atoms with Crippen molar-refractivity contribution >= 4 is 11.6 Å². The van der Waals surface area contributed by atoms with E-state index in [9.17, 15) is 0 Å². The highest BCUT2D eigenvalue weighted by molar-refractivity contribution is 6.30. The number of hydrogen-bond acceptors (Lipinski definition) is 3. The average molecular weight is 395 g/mol. The lowest BCUT2D eigenvalue weighted by molar-refractivity contribution is 0.266. The van der Waals surface area contributed by atoms with Crippen LogP contribution in [-0.4, -0.2) is 40.2 Å². The molecule has 1 aliphatic rings.